The lowest BCUT2D eigenvalue weighted by Gasteiger charge is -2.05. The van der Waals surface area contributed by atoms with Crippen molar-refractivity contribution in [1.29, 1.82) is 0 Å². The minimum atomic E-state index is -0.417. The van der Waals surface area contributed by atoms with Gasteiger partial charge in [0.15, 0.2) is 10.3 Å². The van der Waals surface area contributed by atoms with Crippen LogP contribution >= 0.6 is 22.7 Å². The van der Waals surface area contributed by atoms with Crippen molar-refractivity contribution in [3.05, 3.63) is 52.5 Å². The molecule has 0 saturated carbocycles. The molecule has 24 heavy (non-hydrogen) atoms. The smallest absolute Gasteiger partial charge is 0.308 e. The average molecular weight is 359 g/mol. The summed E-state index contributed by atoms with van der Waals surface area (Å²) < 4.78 is 0. The first kappa shape index (κ1) is 16.1. The van der Waals surface area contributed by atoms with Gasteiger partial charge >= 0.3 is 6.03 Å². The summed E-state index contributed by atoms with van der Waals surface area (Å²) in [6.07, 6.45) is 1.60. The molecule has 0 unspecified atom stereocenters. The van der Waals surface area contributed by atoms with E-state index in [2.05, 4.69) is 25.9 Å². The fourth-order valence-electron chi connectivity index (χ4n) is 1.78. The van der Waals surface area contributed by atoms with Gasteiger partial charge in [-0.25, -0.2) is 14.8 Å². The highest BCUT2D eigenvalue weighted by molar-refractivity contribution is 7.14. The van der Waals surface area contributed by atoms with Crippen LogP contribution in [-0.2, 0) is 0 Å². The molecule has 7 nitrogen and oxygen atoms in total. The van der Waals surface area contributed by atoms with Crippen LogP contribution < -0.4 is 16.0 Å². The molecular formula is C15H13N5O2S2. The molecule has 0 bridgehead atoms. The Morgan fingerprint density at radius 1 is 1.00 bits per heavy atom. The molecule has 1 aromatic carbocycles. The zero-order valence-corrected chi connectivity index (χ0v) is 14.2. The number of thiazole rings is 2. The van der Waals surface area contributed by atoms with Crippen LogP contribution in [0.1, 0.15) is 16.1 Å². The van der Waals surface area contributed by atoms with Crippen LogP contribution in [0.3, 0.4) is 0 Å². The average Bonchev–Trinajstić information content (AvgIpc) is 3.21. The first-order chi connectivity index (χ1) is 11.6. The predicted molar refractivity (Wildman–Crippen MR) is 96.0 cm³/mol. The summed E-state index contributed by atoms with van der Waals surface area (Å²) in [5.41, 5.74) is 2.01. The summed E-state index contributed by atoms with van der Waals surface area (Å²) in [4.78, 5) is 32.0. The normalized spacial score (nSPS) is 10.2. The SMILES string of the molecule is Cc1ccc(NC(=O)Nc2nc(C(=O)Nc3nccs3)cs2)cc1. The summed E-state index contributed by atoms with van der Waals surface area (Å²) in [5, 5.41) is 12.1. The number of hydrogen-bond donors (Lipinski definition) is 3. The fourth-order valence-corrected chi connectivity index (χ4v) is 2.99. The number of carbonyl (C=O) groups excluding carboxylic acids is 2. The van der Waals surface area contributed by atoms with E-state index in [9.17, 15) is 9.59 Å². The van der Waals surface area contributed by atoms with Crippen molar-refractivity contribution < 1.29 is 9.59 Å². The van der Waals surface area contributed by atoms with Crippen molar-refractivity contribution in [2.75, 3.05) is 16.0 Å². The van der Waals surface area contributed by atoms with Gasteiger partial charge in [-0.3, -0.25) is 15.4 Å². The second-order valence-electron chi connectivity index (χ2n) is 4.77. The Hall–Kier alpha value is -2.78. The quantitative estimate of drug-likeness (QED) is 0.660. The summed E-state index contributed by atoms with van der Waals surface area (Å²) in [5.74, 6) is -0.367. The zero-order chi connectivity index (χ0) is 16.9. The third kappa shape index (κ3) is 4.15. The standard InChI is InChI=1S/C15H13N5O2S2/c1-9-2-4-10(5-3-9)17-13(22)20-15-18-11(8-24-15)12(21)19-14-16-6-7-23-14/h2-8H,1H3,(H,16,19,21)(H2,17,18,20,22). The topological polar surface area (TPSA) is 96.0 Å². The van der Waals surface area contributed by atoms with Crippen molar-refractivity contribution in [2.24, 2.45) is 0 Å². The third-order valence-corrected chi connectivity index (χ3v) is 4.37. The van der Waals surface area contributed by atoms with Crippen molar-refractivity contribution >= 4 is 50.6 Å². The Labute approximate surface area is 145 Å². The van der Waals surface area contributed by atoms with Gasteiger partial charge in [-0.1, -0.05) is 17.7 Å². The van der Waals surface area contributed by atoms with Crippen LogP contribution in [0.4, 0.5) is 20.7 Å². The number of nitrogens with one attached hydrogen (secondary N) is 3. The highest BCUT2D eigenvalue weighted by Gasteiger charge is 2.13. The lowest BCUT2D eigenvalue weighted by Crippen LogP contribution is -2.19. The minimum Gasteiger partial charge on any atom is -0.308 e. The van der Waals surface area contributed by atoms with Gasteiger partial charge in [0.2, 0.25) is 0 Å². The second kappa shape index (κ2) is 7.20. The van der Waals surface area contributed by atoms with E-state index in [-0.39, 0.29) is 11.6 Å². The summed E-state index contributed by atoms with van der Waals surface area (Å²) in [7, 11) is 0. The van der Waals surface area contributed by atoms with Gasteiger partial charge in [-0.2, -0.15) is 0 Å². The van der Waals surface area contributed by atoms with Crippen LogP contribution in [0, 0.1) is 6.92 Å². The fraction of sp³-hybridized carbons (Fsp3) is 0.0667. The number of aromatic nitrogens is 2. The number of urea groups is 1. The van der Waals surface area contributed by atoms with Gasteiger partial charge < -0.3 is 5.32 Å². The highest BCUT2D eigenvalue weighted by Crippen LogP contribution is 2.18. The van der Waals surface area contributed by atoms with E-state index >= 15 is 0 Å². The number of amides is 3. The first-order valence-corrected chi connectivity index (χ1v) is 8.67. The van der Waals surface area contributed by atoms with Gasteiger partial charge in [0.05, 0.1) is 0 Å². The van der Waals surface area contributed by atoms with Crippen molar-refractivity contribution in [1.82, 2.24) is 9.97 Å². The van der Waals surface area contributed by atoms with Crippen molar-refractivity contribution in [2.45, 2.75) is 6.92 Å². The number of rotatable bonds is 4. The van der Waals surface area contributed by atoms with E-state index in [1.54, 1.807) is 17.0 Å². The molecule has 0 aliphatic heterocycles. The molecule has 122 valence electrons. The molecule has 9 heteroatoms. The minimum absolute atomic E-state index is 0.223. The van der Waals surface area contributed by atoms with Crippen LogP contribution in [0.15, 0.2) is 41.2 Å². The molecule has 0 spiro atoms. The number of anilines is 3. The summed E-state index contributed by atoms with van der Waals surface area (Å²) in [6.45, 7) is 1.97. The molecule has 0 atom stereocenters. The highest BCUT2D eigenvalue weighted by atomic mass is 32.1. The van der Waals surface area contributed by atoms with Crippen LogP contribution in [0.2, 0.25) is 0 Å². The largest absolute Gasteiger partial charge is 0.325 e. The molecule has 0 fully saturated rings. The van der Waals surface area contributed by atoms with E-state index in [4.69, 9.17) is 0 Å². The number of hydrogen-bond acceptors (Lipinski definition) is 6. The van der Waals surface area contributed by atoms with E-state index in [1.807, 2.05) is 31.2 Å². The third-order valence-electron chi connectivity index (χ3n) is 2.92. The second-order valence-corrected chi connectivity index (χ2v) is 6.53. The monoisotopic (exact) mass is 359 g/mol. The van der Waals surface area contributed by atoms with Crippen LogP contribution in [0.5, 0.6) is 0 Å². The van der Waals surface area contributed by atoms with Gasteiger partial charge in [0, 0.05) is 22.6 Å². The number of nitrogens with zero attached hydrogens (tertiary/aromatic N) is 2. The van der Waals surface area contributed by atoms with Crippen LogP contribution in [0.25, 0.3) is 0 Å². The molecule has 2 heterocycles. The van der Waals surface area contributed by atoms with E-state index < -0.39 is 6.03 Å². The maximum Gasteiger partial charge on any atom is 0.325 e. The number of aryl methyl sites for hydroxylation is 1. The molecule has 0 radical (unpaired) electrons. The molecule has 0 aliphatic carbocycles. The Kier molecular flexibility index (Phi) is 4.82. The lowest BCUT2D eigenvalue weighted by atomic mass is 10.2. The molecule has 3 amide bonds. The predicted octanol–water partition coefficient (Wildman–Crippen LogP) is 3.80. The Morgan fingerprint density at radius 3 is 2.50 bits per heavy atom. The number of carbonyl (C=O) groups is 2. The maximum atomic E-state index is 12.0. The van der Waals surface area contributed by atoms with Crippen molar-refractivity contribution in [3.63, 3.8) is 0 Å². The Balaban J connectivity index is 1.58. The molecule has 0 saturated heterocycles. The van der Waals surface area contributed by atoms with Gasteiger partial charge in [0.1, 0.15) is 5.69 Å². The van der Waals surface area contributed by atoms with E-state index in [0.29, 0.717) is 16.0 Å². The maximum absolute atomic E-state index is 12.0. The summed E-state index contributed by atoms with van der Waals surface area (Å²) in [6, 6.07) is 7.01. The molecule has 3 rings (SSSR count). The molecule has 3 aromatic rings. The van der Waals surface area contributed by atoms with E-state index in [0.717, 1.165) is 5.56 Å². The van der Waals surface area contributed by atoms with Crippen LogP contribution in [-0.4, -0.2) is 21.9 Å². The zero-order valence-electron chi connectivity index (χ0n) is 12.6. The van der Waals surface area contributed by atoms with Gasteiger partial charge in [-0.15, -0.1) is 22.7 Å². The van der Waals surface area contributed by atoms with Gasteiger partial charge in [-0.05, 0) is 19.1 Å². The number of benzene rings is 1. The Morgan fingerprint density at radius 2 is 1.79 bits per heavy atom. The lowest BCUT2D eigenvalue weighted by molar-refractivity contribution is 0.102. The van der Waals surface area contributed by atoms with E-state index in [1.165, 1.54) is 22.7 Å². The molecular weight excluding hydrogens is 346 g/mol. The molecule has 2 aromatic heterocycles. The summed E-state index contributed by atoms with van der Waals surface area (Å²) >= 11 is 2.49. The molecule has 3 N–H and O–H groups in total. The molecule has 0 aliphatic rings. The van der Waals surface area contributed by atoms with Gasteiger partial charge in [0.25, 0.3) is 5.91 Å². The van der Waals surface area contributed by atoms with Crippen molar-refractivity contribution in [3.8, 4) is 0 Å². The first-order valence-electron chi connectivity index (χ1n) is 6.91. The Bertz CT molecular complexity index is 843.